The second-order valence-corrected chi connectivity index (χ2v) is 4.32. The van der Waals surface area contributed by atoms with Gasteiger partial charge in [0.15, 0.2) is 0 Å². The fourth-order valence-electron chi connectivity index (χ4n) is 1.74. The topological polar surface area (TPSA) is 53.0 Å². The van der Waals surface area contributed by atoms with Crippen molar-refractivity contribution in [3.8, 4) is 6.07 Å². The Kier molecular flexibility index (Phi) is 4.33. The Bertz CT molecular complexity index is 379. The maximum absolute atomic E-state index is 8.97. The Morgan fingerprint density at radius 1 is 1.38 bits per heavy atom. The van der Waals surface area contributed by atoms with E-state index >= 15 is 0 Å². The van der Waals surface area contributed by atoms with E-state index in [9.17, 15) is 0 Å². The lowest BCUT2D eigenvalue weighted by atomic mass is 10.1. The third kappa shape index (κ3) is 3.25. The molecular weight excluding hydrogens is 198 g/mol. The summed E-state index contributed by atoms with van der Waals surface area (Å²) in [7, 11) is 0. The summed E-state index contributed by atoms with van der Waals surface area (Å²) in [4.78, 5) is 2.15. The zero-order chi connectivity index (χ0) is 12.1. The van der Waals surface area contributed by atoms with E-state index in [0.717, 1.165) is 17.8 Å². The molecule has 0 radical (unpaired) electrons. The van der Waals surface area contributed by atoms with Crippen LogP contribution in [0.3, 0.4) is 0 Å². The quantitative estimate of drug-likeness (QED) is 0.788. The molecule has 1 unspecified atom stereocenters. The molecule has 0 spiro atoms. The van der Waals surface area contributed by atoms with Crippen molar-refractivity contribution in [1.82, 2.24) is 4.90 Å². The van der Waals surface area contributed by atoms with Crippen LogP contribution in [0.2, 0.25) is 0 Å². The first-order valence-corrected chi connectivity index (χ1v) is 5.54. The number of nitrogen functional groups attached to an aromatic ring is 1. The van der Waals surface area contributed by atoms with Gasteiger partial charge in [0.25, 0.3) is 0 Å². The van der Waals surface area contributed by atoms with Crippen LogP contribution >= 0.6 is 0 Å². The highest BCUT2D eigenvalue weighted by molar-refractivity contribution is 5.40. The van der Waals surface area contributed by atoms with Gasteiger partial charge in [-0.1, -0.05) is 12.1 Å². The summed E-state index contributed by atoms with van der Waals surface area (Å²) in [6.45, 7) is 6.88. The van der Waals surface area contributed by atoms with Gasteiger partial charge < -0.3 is 5.73 Å². The minimum atomic E-state index is -0.0820. The molecule has 3 nitrogen and oxygen atoms in total. The number of nitriles is 1. The normalized spacial score (nSPS) is 12.8. The Morgan fingerprint density at radius 2 is 2.06 bits per heavy atom. The van der Waals surface area contributed by atoms with Gasteiger partial charge in [0, 0.05) is 18.3 Å². The van der Waals surface area contributed by atoms with E-state index in [1.54, 1.807) is 0 Å². The average Bonchev–Trinajstić information content (AvgIpc) is 2.24. The lowest BCUT2D eigenvalue weighted by Gasteiger charge is -2.28. The van der Waals surface area contributed by atoms with Crippen LogP contribution in [0.5, 0.6) is 0 Å². The Hall–Kier alpha value is -1.53. The first-order chi connectivity index (χ1) is 7.54. The molecule has 1 aromatic rings. The smallest absolute Gasteiger partial charge is 0.0954 e. The van der Waals surface area contributed by atoms with Gasteiger partial charge in [-0.15, -0.1) is 0 Å². The third-order valence-electron chi connectivity index (χ3n) is 2.66. The van der Waals surface area contributed by atoms with Crippen molar-refractivity contribution < 1.29 is 0 Å². The number of benzene rings is 1. The molecule has 0 bridgehead atoms. The maximum Gasteiger partial charge on any atom is 0.0954 e. The molecular formula is C13H19N3. The van der Waals surface area contributed by atoms with Crippen LogP contribution in [0.15, 0.2) is 24.3 Å². The van der Waals surface area contributed by atoms with Crippen molar-refractivity contribution in [1.29, 1.82) is 5.26 Å². The summed E-state index contributed by atoms with van der Waals surface area (Å²) in [5.41, 5.74) is 7.65. The maximum atomic E-state index is 8.97. The second kappa shape index (κ2) is 5.53. The molecule has 0 aromatic heterocycles. The Morgan fingerprint density at radius 3 is 2.56 bits per heavy atom. The number of hydrogen-bond donors (Lipinski definition) is 1. The van der Waals surface area contributed by atoms with E-state index in [2.05, 4.69) is 24.8 Å². The first-order valence-electron chi connectivity index (χ1n) is 5.54. The lowest BCUT2D eigenvalue weighted by Crippen LogP contribution is -2.37. The monoisotopic (exact) mass is 217 g/mol. The molecule has 3 heteroatoms. The van der Waals surface area contributed by atoms with Gasteiger partial charge in [-0.2, -0.15) is 5.26 Å². The number of nitrogens with zero attached hydrogens (tertiary/aromatic N) is 2. The molecule has 2 N–H and O–H groups in total. The van der Waals surface area contributed by atoms with Crippen LogP contribution in [0.1, 0.15) is 26.3 Å². The summed E-state index contributed by atoms with van der Waals surface area (Å²) in [5.74, 6) is 0. The van der Waals surface area contributed by atoms with E-state index < -0.39 is 0 Å². The minimum absolute atomic E-state index is 0.0820. The van der Waals surface area contributed by atoms with Crippen molar-refractivity contribution in [2.45, 2.75) is 39.4 Å². The van der Waals surface area contributed by atoms with Crippen molar-refractivity contribution in [3.63, 3.8) is 0 Å². The standard InChI is InChI=1S/C13H19N3/c1-10(2)16(11(3)8-14)9-12-5-4-6-13(15)7-12/h4-7,10-11H,9,15H2,1-3H3. The Labute approximate surface area is 97.5 Å². The lowest BCUT2D eigenvalue weighted by molar-refractivity contribution is 0.187. The van der Waals surface area contributed by atoms with Crippen LogP contribution in [0, 0.1) is 11.3 Å². The second-order valence-electron chi connectivity index (χ2n) is 4.32. The highest BCUT2D eigenvalue weighted by Crippen LogP contribution is 2.14. The van der Waals surface area contributed by atoms with Gasteiger partial charge in [0.2, 0.25) is 0 Å². The summed E-state index contributed by atoms with van der Waals surface area (Å²) < 4.78 is 0. The molecule has 86 valence electrons. The van der Waals surface area contributed by atoms with Gasteiger partial charge in [-0.3, -0.25) is 4.90 Å². The van der Waals surface area contributed by atoms with Crippen LogP contribution in [0.25, 0.3) is 0 Å². The molecule has 1 aromatic carbocycles. The van der Waals surface area contributed by atoms with Crippen molar-refractivity contribution in [2.24, 2.45) is 0 Å². The van der Waals surface area contributed by atoms with Crippen LogP contribution in [0.4, 0.5) is 5.69 Å². The minimum Gasteiger partial charge on any atom is -0.399 e. The van der Waals surface area contributed by atoms with Crippen LogP contribution in [-0.4, -0.2) is 17.0 Å². The predicted molar refractivity (Wildman–Crippen MR) is 66.6 cm³/mol. The van der Waals surface area contributed by atoms with E-state index in [0.29, 0.717) is 6.04 Å². The molecule has 1 atom stereocenters. The zero-order valence-corrected chi connectivity index (χ0v) is 10.1. The highest BCUT2D eigenvalue weighted by Gasteiger charge is 2.16. The largest absolute Gasteiger partial charge is 0.399 e. The summed E-state index contributed by atoms with van der Waals surface area (Å²) in [6, 6.07) is 10.3. The van der Waals surface area contributed by atoms with Crippen LogP contribution in [-0.2, 0) is 6.54 Å². The molecule has 0 saturated carbocycles. The van der Waals surface area contributed by atoms with Crippen molar-refractivity contribution in [3.05, 3.63) is 29.8 Å². The van der Waals surface area contributed by atoms with Gasteiger partial charge in [0.1, 0.15) is 0 Å². The van der Waals surface area contributed by atoms with E-state index in [-0.39, 0.29) is 6.04 Å². The first kappa shape index (κ1) is 12.5. The number of rotatable bonds is 4. The summed E-state index contributed by atoms with van der Waals surface area (Å²) >= 11 is 0. The fraction of sp³-hybridized carbons (Fsp3) is 0.462. The van der Waals surface area contributed by atoms with E-state index in [1.807, 2.05) is 31.2 Å². The number of nitrogens with two attached hydrogens (primary N) is 1. The van der Waals surface area contributed by atoms with Gasteiger partial charge in [-0.05, 0) is 38.5 Å². The summed E-state index contributed by atoms with van der Waals surface area (Å²) in [5, 5.41) is 8.97. The molecule has 0 saturated heterocycles. The van der Waals surface area contributed by atoms with Gasteiger partial charge in [-0.25, -0.2) is 0 Å². The number of anilines is 1. The fourth-order valence-corrected chi connectivity index (χ4v) is 1.74. The molecule has 0 aliphatic heterocycles. The van der Waals surface area contributed by atoms with Crippen molar-refractivity contribution >= 4 is 5.69 Å². The average molecular weight is 217 g/mol. The van der Waals surface area contributed by atoms with Gasteiger partial charge in [0.05, 0.1) is 12.1 Å². The zero-order valence-electron chi connectivity index (χ0n) is 10.1. The molecule has 0 fully saturated rings. The van der Waals surface area contributed by atoms with Gasteiger partial charge >= 0.3 is 0 Å². The predicted octanol–water partition coefficient (Wildman–Crippen LogP) is 2.39. The molecule has 0 aliphatic rings. The summed E-state index contributed by atoms with van der Waals surface area (Å²) in [6.07, 6.45) is 0. The van der Waals surface area contributed by atoms with E-state index in [4.69, 9.17) is 11.0 Å². The molecule has 0 amide bonds. The Balaban J connectivity index is 2.80. The number of hydrogen-bond acceptors (Lipinski definition) is 3. The molecule has 1 rings (SSSR count). The molecule has 0 aliphatic carbocycles. The SMILES string of the molecule is CC(C)N(Cc1cccc(N)c1)C(C)C#N. The molecule has 0 heterocycles. The van der Waals surface area contributed by atoms with Crippen molar-refractivity contribution in [2.75, 3.05) is 5.73 Å². The van der Waals surface area contributed by atoms with E-state index in [1.165, 1.54) is 0 Å². The van der Waals surface area contributed by atoms with Crippen LogP contribution < -0.4 is 5.73 Å². The highest BCUT2D eigenvalue weighted by atomic mass is 15.2. The molecule has 16 heavy (non-hydrogen) atoms. The third-order valence-corrected chi connectivity index (χ3v) is 2.66.